The van der Waals surface area contributed by atoms with Gasteiger partial charge >= 0.3 is 5.97 Å². The molecule has 0 aliphatic heterocycles. The molecule has 2 aromatic carbocycles. The van der Waals surface area contributed by atoms with Crippen LogP contribution in [0, 0.1) is 0 Å². The molecule has 0 aliphatic carbocycles. The first-order chi connectivity index (χ1) is 13.0. The van der Waals surface area contributed by atoms with E-state index in [0.29, 0.717) is 5.69 Å². The highest BCUT2D eigenvalue weighted by Crippen LogP contribution is 2.24. The van der Waals surface area contributed by atoms with Gasteiger partial charge in [-0.3, -0.25) is 9.59 Å². The Bertz CT molecular complexity index is 936. The number of nitrogens with one attached hydrogen (secondary N) is 1. The zero-order chi connectivity index (χ0) is 20.9. The molecule has 28 heavy (non-hydrogen) atoms. The molecule has 0 fully saturated rings. The molecule has 2 aromatic rings. The van der Waals surface area contributed by atoms with Crippen LogP contribution >= 0.6 is 0 Å². The van der Waals surface area contributed by atoms with Crippen molar-refractivity contribution in [3.63, 3.8) is 0 Å². The Morgan fingerprint density at radius 3 is 2.11 bits per heavy atom. The summed E-state index contributed by atoms with van der Waals surface area (Å²) in [6, 6.07) is 14.9. The molecule has 7 nitrogen and oxygen atoms in total. The molecule has 150 valence electrons. The minimum atomic E-state index is -3.54. The third-order valence-corrected chi connectivity index (χ3v) is 6.09. The number of esters is 1. The topological polar surface area (TPSA) is 92.8 Å². The number of hydrogen-bond acceptors (Lipinski definition) is 5. The van der Waals surface area contributed by atoms with E-state index in [1.165, 1.54) is 38.4 Å². The summed E-state index contributed by atoms with van der Waals surface area (Å²) in [5.41, 5.74) is 0.308. The van der Waals surface area contributed by atoms with Gasteiger partial charge in [-0.1, -0.05) is 30.3 Å². The monoisotopic (exact) mass is 404 g/mol. The van der Waals surface area contributed by atoms with Crippen molar-refractivity contribution in [1.82, 2.24) is 4.31 Å². The van der Waals surface area contributed by atoms with Crippen molar-refractivity contribution in [3.05, 3.63) is 60.2 Å². The van der Waals surface area contributed by atoms with Crippen LogP contribution in [0.5, 0.6) is 0 Å². The fourth-order valence-corrected chi connectivity index (χ4v) is 3.30. The van der Waals surface area contributed by atoms with E-state index in [2.05, 4.69) is 5.32 Å². The van der Waals surface area contributed by atoms with E-state index in [4.69, 9.17) is 4.74 Å². The number of ether oxygens (including phenoxy) is 1. The van der Waals surface area contributed by atoms with Gasteiger partial charge in [0.2, 0.25) is 10.0 Å². The predicted octanol–water partition coefficient (Wildman–Crippen LogP) is 2.40. The zero-order valence-corrected chi connectivity index (χ0v) is 17.1. The van der Waals surface area contributed by atoms with Crippen molar-refractivity contribution in [2.45, 2.75) is 24.2 Å². The number of rotatable bonds is 7. The average molecular weight is 404 g/mol. The number of anilines is 1. The summed E-state index contributed by atoms with van der Waals surface area (Å²) in [7, 11) is -0.653. The Hall–Kier alpha value is -2.71. The Labute approximate surface area is 165 Å². The average Bonchev–Trinajstić information content (AvgIpc) is 2.67. The van der Waals surface area contributed by atoms with Crippen LogP contribution in [0.3, 0.4) is 0 Å². The second kappa shape index (κ2) is 8.53. The standard InChI is InChI=1S/C20H24N2O5S/c1-20(2,15-8-6-5-7-9-15)19(24)27-14-18(23)21-16-10-12-17(13-11-16)28(25,26)22(3)4/h5-13H,14H2,1-4H3,(H,21,23). The summed E-state index contributed by atoms with van der Waals surface area (Å²) in [4.78, 5) is 24.5. The van der Waals surface area contributed by atoms with E-state index in [1.807, 2.05) is 30.3 Å². The lowest BCUT2D eigenvalue weighted by molar-refractivity contribution is -0.152. The molecule has 0 aromatic heterocycles. The van der Waals surface area contributed by atoms with Crippen LogP contribution in [0.1, 0.15) is 19.4 Å². The number of amides is 1. The maximum atomic E-state index is 12.4. The Balaban J connectivity index is 1.95. The number of benzene rings is 2. The van der Waals surface area contributed by atoms with E-state index < -0.39 is 33.9 Å². The van der Waals surface area contributed by atoms with Gasteiger partial charge in [0, 0.05) is 19.8 Å². The van der Waals surface area contributed by atoms with Crippen molar-refractivity contribution in [1.29, 1.82) is 0 Å². The highest BCUT2D eigenvalue weighted by molar-refractivity contribution is 7.89. The molecule has 0 radical (unpaired) electrons. The van der Waals surface area contributed by atoms with E-state index in [0.717, 1.165) is 9.87 Å². The normalized spacial score (nSPS) is 11.9. The number of nitrogens with zero attached hydrogens (tertiary/aromatic N) is 1. The molecule has 0 bridgehead atoms. The van der Waals surface area contributed by atoms with Crippen molar-refractivity contribution in [3.8, 4) is 0 Å². The van der Waals surface area contributed by atoms with Crippen molar-refractivity contribution in [2.75, 3.05) is 26.0 Å². The second-order valence-corrected chi connectivity index (χ2v) is 9.08. The Morgan fingerprint density at radius 1 is 1.00 bits per heavy atom. The van der Waals surface area contributed by atoms with Gasteiger partial charge in [-0.25, -0.2) is 12.7 Å². The summed E-state index contributed by atoms with van der Waals surface area (Å²) in [6.45, 7) is 3.02. The van der Waals surface area contributed by atoms with Gasteiger partial charge in [-0.15, -0.1) is 0 Å². The van der Waals surface area contributed by atoms with E-state index >= 15 is 0 Å². The molecule has 0 saturated heterocycles. The van der Waals surface area contributed by atoms with E-state index in [1.54, 1.807) is 13.8 Å². The largest absolute Gasteiger partial charge is 0.455 e. The van der Waals surface area contributed by atoms with Crippen LogP contribution < -0.4 is 5.32 Å². The molecule has 0 aliphatic rings. The van der Waals surface area contributed by atoms with Crippen molar-refractivity contribution >= 4 is 27.6 Å². The molecule has 0 saturated carbocycles. The first-order valence-electron chi connectivity index (χ1n) is 8.60. The summed E-state index contributed by atoms with van der Waals surface area (Å²) < 4.78 is 30.3. The van der Waals surface area contributed by atoms with Crippen molar-refractivity contribution < 1.29 is 22.7 Å². The lowest BCUT2D eigenvalue weighted by Gasteiger charge is -2.22. The summed E-state index contributed by atoms with van der Waals surface area (Å²) >= 11 is 0. The minimum absolute atomic E-state index is 0.117. The SMILES string of the molecule is CN(C)S(=O)(=O)c1ccc(NC(=O)COC(=O)C(C)(C)c2ccccc2)cc1. The van der Waals surface area contributed by atoms with Crippen LogP contribution in [-0.2, 0) is 29.8 Å². The van der Waals surface area contributed by atoms with Crippen LogP contribution in [-0.4, -0.2) is 45.3 Å². The summed E-state index contributed by atoms with van der Waals surface area (Å²) in [6.07, 6.45) is 0. The quantitative estimate of drug-likeness (QED) is 0.716. The molecule has 8 heteroatoms. The van der Waals surface area contributed by atoms with Crippen LogP contribution in [0.15, 0.2) is 59.5 Å². The van der Waals surface area contributed by atoms with Gasteiger partial charge in [0.1, 0.15) is 0 Å². The van der Waals surface area contributed by atoms with E-state index in [9.17, 15) is 18.0 Å². The number of carbonyl (C=O) groups excluding carboxylic acids is 2. The molecule has 0 atom stereocenters. The first-order valence-corrected chi connectivity index (χ1v) is 10.0. The molecular weight excluding hydrogens is 380 g/mol. The molecule has 2 rings (SSSR count). The van der Waals surface area contributed by atoms with Gasteiger partial charge in [0.15, 0.2) is 6.61 Å². The summed E-state index contributed by atoms with van der Waals surface area (Å²) in [5, 5.41) is 2.57. The molecule has 0 heterocycles. The lowest BCUT2D eigenvalue weighted by Crippen LogP contribution is -2.33. The fraction of sp³-hybridized carbons (Fsp3) is 0.300. The molecule has 0 unspecified atom stereocenters. The van der Waals surface area contributed by atoms with Gasteiger partial charge in [0.25, 0.3) is 5.91 Å². The maximum Gasteiger partial charge on any atom is 0.316 e. The first kappa shape index (κ1) is 21.6. The zero-order valence-electron chi connectivity index (χ0n) is 16.3. The molecule has 1 N–H and O–H groups in total. The number of sulfonamides is 1. The second-order valence-electron chi connectivity index (χ2n) is 6.93. The smallest absolute Gasteiger partial charge is 0.316 e. The Morgan fingerprint density at radius 2 is 1.57 bits per heavy atom. The minimum Gasteiger partial charge on any atom is -0.455 e. The summed E-state index contributed by atoms with van der Waals surface area (Å²) in [5.74, 6) is -1.03. The van der Waals surface area contributed by atoms with Crippen LogP contribution in [0.25, 0.3) is 0 Å². The van der Waals surface area contributed by atoms with Gasteiger partial charge < -0.3 is 10.1 Å². The Kier molecular flexibility index (Phi) is 6.58. The lowest BCUT2D eigenvalue weighted by atomic mass is 9.85. The number of hydrogen-bond donors (Lipinski definition) is 1. The van der Waals surface area contributed by atoms with Gasteiger partial charge in [-0.2, -0.15) is 0 Å². The van der Waals surface area contributed by atoms with E-state index in [-0.39, 0.29) is 4.90 Å². The third kappa shape index (κ3) is 4.96. The van der Waals surface area contributed by atoms with Crippen molar-refractivity contribution in [2.24, 2.45) is 0 Å². The van der Waals surface area contributed by atoms with Gasteiger partial charge in [-0.05, 0) is 43.7 Å². The highest BCUT2D eigenvalue weighted by atomic mass is 32.2. The number of carbonyl (C=O) groups is 2. The molecular formula is C20H24N2O5S. The van der Waals surface area contributed by atoms with Crippen LogP contribution in [0.4, 0.5) is 5.69 Å². The third-order valence-electron chi connectivity index (χ3n) is 4.26. The van der Waals surface area contributed by atoms with Crippen LogP contribution in [0.2, 0.25) is 0 Å². The predicted molar refractivity (Wildman–Crippen MR) is 106 cm³/mol. The molecule has 0 spiro atoms. The highest BCUT2D eigenvalue weighted by Gasteiger charge is 2.31. The fourth-order valence-electron chi connectivity index (χ4n) is 2.40. The maximum absolute atomic E-state index is 12.4. The molecule has 1 amide bonds. The van der Waals surface area contributed by atoms with Gasteiger partial charge in [0.05, 0.1) is 10.3 Å².